The lowest BCUT2D eigenvalue weighted by molar-refractivity contribution is -0.106. The van der Waals surface area contributed by atoms with E-state index in [4.69, 9.17) is 4.74 Å². The predicted molar refractivity (Wildman–Crippen MR) is 71.0 cm³/mol. The molecule has 0 bridgehead atoms. The van der Waals surface area contributed by atoms with Crippen LogP contribution in [0.1, 0.15) is 64.7 Å². The van der Waals surface area contributed by atoms with Crippen molar-refractivity contribution < 1.29 is 4.74 Å². The molecule has 0 unspecified atom stereocenters. The summed E-state index contributed by atoms with van der Waals surface area (Å²) in [5, 5.41) is 0. The van der Waals surface area contributed by atoms with Gasteiger partial charge in [-0.25, -0.2) is 0 Å². The van der Waals surface area contributed by atoms with E-state index < -0.39 is 0 Å². The van der Waals surface area contributed by atoms with Crippen LogP contribution in [0.5, 0.6) is 0 Å². The second kappa shape index (κ2) is 5.14. The first-order chi connectivity index (χ1) is 8.40. The Hall–Kier alpha value is -0.300. The molecule has 0 aromatic rings. The van der Waals surface area contributed by atoms with Gasteiger partial charge in [0.15, 0.2) is 0 Å². The summed E-state index contributed by atoms with van der Waals surface area (Å²) >= 11 is 0. The highest BCUT2D eigenvalue weighted by molar-refractivity contribution is 5.20. The topological polar surface area (TPSA) is 9.23 Å². The lowest BCUT2D eigenvalue weighted by Crippen LogP contribution is -2.45. The molecule has 4 atom stereocenters. The number of fused-ring (bicyclic) bond motifs is 3. The van der Waals surface area contributed by atoms with E-state index in [-0.39, 0.29) is 0 Å². The Morgan fingerprint density at radius 3 is 2.82 bits per heavy atom. The molecule has 1 saturated heterocycles. The maximum absolute atomic E-state index is 6.46. The molecular formula is C16H26O. The van der Waals surface area contributed by atoms with Gasteiger partial charge in [-0.05, 0) is 38.5 Å². The first-order valence-electron chi connectivity index (χ1n) is 7.75. The molecule has 2 aliphatic carbocycles. The van der Waals surface area contributed by atoms with Crippen LogP contribution in [0.25, 0.3) is 0 Å². The van der Waals surface area contributed by atoms with Gasteiger partial charge in [0, 0.05) is 11.8 Å². The summed E-state index contributed by atoms with van der Waals surface area (Å²) in [4.78, 5) is 0. The van der Waals surface area contributed by atoms with Crippen molar-refractivity contribution in [2.75, 3.05) is 0 Å². The van der Waals surface area contributed by atoms with E-state index in [9.17, 15) is 0 Å². The molecule has 0 amide bonds. The molecule has 0 radical (unpaired) electrons. The minimum absolute atomic E-state index is 0.547. The van der Waals surface area contributed by atoms with Crippen molar-refractivity contribution >= 4 is 0 Å². The second-order valence-corrected chi connectivity index (χ2v) is 6.13. The molecule has 0 aromatic carbocycles. The highest BCUT2D eigenvalue weighted by Crippen LogP contribution is 2.46. The lowest BCUT2D eigenvalue weighted by atomic mass is 9.68. The Morgan fingerprint density at radius 1 is 1.12 bits per heavy atom. The van der Waals surface area contributed by atoms with Crippen LogP contribution in [0, 0.1) is 11.8 Å². The normalized spacial score (nSPS) is 41.4. The number of rotatable bonds is 2. The molecule has 3 rings (SSSR count). The maximum Gasteiger partial charge on any atom is 0.0644 e. The molecule has 0 N–H and O–H groups in total. The Morgan fingerprint density at radius 2 is 1.94 bits per heavy atom. The lowest BCUT2D eigenvalue weighted by Gasteiger charge is -2.47. The highest BCUT2D eigenvalue weighted by Gasteiger charge is 2.42. The standard InChI is InChI=1S/C16H26O/c1-2-7-15-13-9-4-3-8-12(13)14-10-5-6-11-16(14)17-15/h8,13-16H,2-7,9-11H2,1H3/t13-,14-,15+,16-/m0/s1. The highest BCUT2D eigenvalue weighted by atomic mass is 16.5. The van der Waals surface area contributed by atoms with Crippen molar-refractivity contribution in [3.63, 3.8) is 0 Å². The van der Waals surface area contributed by atoms with E-state index in [1.807, 2.05) is 5.57 Å². The minimum Gasteiger partial charge on any atom is -0.374 e. The molecule has 2 fully saturated rings. The smallest absolute Gasteiger partial charge is 0.0644 e. The summed E-state index contributed by atoms with van der Waals surface area (Å²) < 4.78 is 6.46. The van der Waals surface area contributed by atoms with Crippen molar-refractivity contribution in [3.05, 3.63) is 11.6 Å². The van der Waals surface area contributed by atoms with Crippen molar-refractivity contribution in [2.24, 2.45) is 11.8 Å². The third kappa shape index (κ3) is 2.19. The van der Waals surface area contributed by atoms with Gasteiger partial charge in [0.2, 0.25) is 0 Å². The first kappa shape index (κ1) is 11.8. The molecule has 1 nitrogen and oxygen atoms in total. The number of ether oxygens (including phenoxy) is 1. The maximum atomic E-state index is 6.46. The summed E-state index contributed by atoms with van der Waals surface area (Å²) in [6.07, 6.45) is 15.9. The van der Waals surface area contributed by atoms with Crippen LogP contribution in [-0.4, -0.2) is 12.2 Å². The molecule has 0 aromatic heterocycles. The van der Waals surface area contributed by atoms with Gasteiger partial charge in [0.25, 0.3) is 0 Å². The summed E-state index contributed by atoms with van der Waals surface area (Å²) in [6.45, 7) is 2.29. The molecule has 17 heavy (non-hydrogen) atoms. The Bertz CT molecular complexity index is 294. The zero-order valence-electron chi connectivity index (χ0n) is 11.2. The van der Waals surface area contributed by atoms with E-state index in [1.54, 1.807) is 0 Å². The average molecular weight is 234 g/mol. The van der Waals surface area contributed by atoms with Gasteiger partial charge >= 0.3 is 0 Å². The minimum atomic E-state index is 0.547. The van der Waals surface area contributed by atoms with Crippen LogP contribution in [0.4, 0.5) is 0 Å². The summed E-state index contributed by atoms with van der Waals surface area (Å²) in [5.74, 6) is 1.57. The quantitative estimate of drug-likeness (QED) is 0.640. The molecule has 1 heteroatoms. The SMILES string of the molecule is CCC[C@H]1O[C@H]2CCCC[C@H]2C2=CCCC[C@@H]21. The largest absolute Gasteiger partial charge is 0.374 e. The van der Waals surface area contributed by atoms with Crippen LogP contribution in [0.3, 0.4) is 0 Å². The van der Waals surface area contributed by atoms with Crippen molar-refractivity contribution in [1.82, 2.24) is 0 Å². The molecule has 96 valence electrons. The zero-order chi connectivity index (χ0) is 11.7. The Labute approximate surface area is 106 Å². The number of hydrogen-bond donors (Lipinski definition) is 0. The van der Waals surface area contributed by atoms with Crippen LogP contribution in [0.15, 0.2) is 11.6 Å². The Kier molecular flexibility index (Phi) is 3.56. The van der Waals surface area contributed by atoms with Crippen LogP contribution in [0.2, 0.25) is 0 Å². The fourth-order valence-electron chi connectivity index (χ4n) is 4.27. The van der Waals surface area contributed by atoms with Gasteiger partial charge in [-0.3, -0.25) is 0 Å². The van der Waals surface area contributed by atoms with Gasteiger partial charge in [0.1, 0.15) is 0 Å². The van der Waals surface area contributed by atoms with E-state index in [1.165, 1.54) is 57.8 Å². The van der Waals surface area contributed by atoms with E-state index in [0.29, 0.717) is 12.2 Å². The van der Waals surface area contributed by atoms with Crippen LogP contribution >= 0.6 is 0 Å². The fourth-order valence-corrected chi connectivity index (χ4v) is 4.27. The number of hydrogen-bond acceptors (Lipinski definition) is 1. The van der Waals surface area contributed by atoms with Crippen LogP contribution < -0.4 is 0 Å². The summed E-state index contributed by atoms with van der Waals surface area (Å²) in [5.41, 5.74) is 1.81. The second-order valence-electron chi connectivity index (χ2n) is 6.13. The van der Waals surface area contributed by atoms with E-state index in [0.717, 1.165) is 11.8 Å². The summed E-state index contributed by atoms with van der Waals surface area (Å²) in [6, 6.07) is 0. The van der Waals surface area contributed by atoms with Gasteiger partial charge in [-0.15, -0.1) is 0 Å². The molecule has 1 aliphatic heterocycles. The molecule has 3 aliphatic rings. The average Bonchev–Trinajstić information content (AvgIpc) is 2.39. The molecule has 1 heterocycles. The number of allylic oxidation sites excluding steroid dienone is 1. The van der Waals surface area contributed by atoms with Gasteiger partial charge in [-0.2, -0.15) is 0 Å². The van der Waals surface area contributed by atoms with E-state index >= 15 is 0 Å². The first-order valence-corrected chi connectivity index (χ1v) is 7.75. The van der Waals surface area contributed by atoms with Crippen molar-refractivity contribution in [2.45, 2.75) is 76.9 Å². The monoisotopic (exact) mass is 234 g/mol. The van der Waals surface area contributed by atoms with Gasteiger partial charge < -0.3 is 4.74 Å². The van der Waals surface area contributed by atoms with Gasteiger partial charge in [0.05, 0.1) is 12.2 Å². The van der Waals surface area contributed by atoms with Crippen molar-refractivity contribution in [3.8, 4) is 0 Å². The molecular weight excluding hydrogens is 208 g/mol. The third-order valence-electron chi connectivity index (χ3n) is 5.03. The van der Waals surface area contributed by atoms with Crippen molar-refractivity contribution in [1.29, 1.82) is 0 Å². The Balaban J connectivity index is 1.83. The summed E-state index contributed by atoms with van der Waals surface area (Å²) in [7, 11) is 0. The van der Waals surface area contributed by atoms with Gasteiger partial charge in [-0.1, -0.05) is 37.8 Å². The predicted octanol–water partition coefficient (Wildman–Crippen LogP) is 4.47. The van der Waals surface area contributed by atoms with E-state index in [2.05, 4.69) is 13.0 Å². The zero-order valence-corrected chi connectivity index (χ0v) is 11.2. The molecule has 0 spiro atoms. The third-order valence-corrected chi connectivity index (χ3v) is 5.03. The van der Waals surface area contributed by atoms with Crippen LogP contribution in [-0.2, 0) is 4.74 Å². The molecule has 1 saturated carbocycles. The fraction of sp³-hybridized carbons (Fsp3) is 0.875.